The highest BCUT2D eigenvalue weighted by Gasteiger charge is 2.12. The molecule has 1 aliphatic carbocycles. The monoisotopic (exact) mass is 297 g/mol. The smallest absolute Gasteiger partial charge is 0.277 e. The molecule has 0 saturated carbocycles. The zero-order chi connectivity index (χ0) is 15.4. The van der Waals surface area contributed by atoms with Crippen molar-refractivity contribution in [1.29, 1.82) is 0 Å². The van der Waals surface area contributed by atoms with Crippen LogP contribution in [0, 0.1) is 0 Å². The molecule has 0 radical (unpaired) electrons. The van der Waals surface area contributed by atoms with Gasteiger partial charge < -0.3 is 11.1 Å². The van der Waals surface area contributed by atoms with Crippen molar-refractivity contribution in [2.75, 3.05) is 11.9 Å². The molecule has 0 bridgehead atoms. The molecule has 22 heavy (non-hydrogen) atoms. The first kappa shape index (κ1) is 14.5. The Kier molecular flexibility index (Phi) is 4.29. The second-order valence-corrected chi connectivity index (χ2v) is 5.32. The standard InChI is InChI=1S/C16H19N5O/c17-8-9-21-11-15(19-20-21)16(22)18-14-7-6-12-4-2-1-3-5-13(12)10-14/h3,5-7,10-11H,1-2,4,8-9,17H2,(H,18,22). The SMILES string of the molecule is NCCn1cc(C(=O)Nc2ccc3c(c2)C=CCCC3)nn1. The van der Waals surface area contributed by atoms with E-state index in [2.05, 4.69) is 33.8 Å². The van der Waals surface area contributed by atoms with Gasteiger partial charge in [0.2, 0.25) is 0 Å². The van der Waals surface area contributed by atoms with Crippen molar-refractivity contribution in [2.24, 2.45) is 5.73 Å². The van der Waals surface area contributed by atoms with Gasteiger partial charge in [-0.1, -0.05) is 23.4 Å². The average molecular weight is 297 g/mol. The van der Waals surface area contributed by atoms with Crippen molar-refractivity contribution in [3.05, 3.63) is 47.3 Å². The minimum Gasteiger partial charge on any atom is -0.329 e. The number of benzene rings is 1. The lowest BCUT2D eigenvalue weighted by molar-refractivity contribution is 0.102. The van der Waals surface area contributed by atoms with Gasteiger partial charge in [-0.2, -0.15) is 0 Å². The normalized spacial score (nSPS) is 13.5. The molecule has 0 aliphatic heterocycles. The molecule has 1 aliphatic rings. The molecule has 0 saturated heterocycles. The molecule has 1 aromatic heterocycles. The molecule has 0 spiro atoms. The van der Waals surface area contributed by atoms with Crippen molar-refractivity contribution in [3.63, 3.8) is 0 Å². The maximum atomic E-state index is 12.2. The van der Waals surface area contributed by atoms with Crippen molar-refractivity contribution in [1.82, 2.24) is 15.0 Å². The fourth-order valence-corrected chi connectivity index (χ4v) is 2.52. The Bertz CT molecular complexity index is 704. The zero-order valence-electron chi connectivity index (χ0n) is 12.3. The van der Waals surface area contributed by atoms with Crippen LogP contribution in [-0.2, 0) is 13.0 Å². The van der Waals surface area contributed by atoms with E-state index in [1.807, 2.05) is 12.1 Å². The first-order valence-corrected chi connectivity index (χ1v) is 7.47. The lowest BCUT2D eigenvalue weighted by Gasteiger charge is -2.08. The summed E-state index contributed by atoms with van der Waals surface area (Å²) in [6.45, 7) is 1.01. The third-order valence-electron chi connectivity index (χ3n) is 3.65. The maximum Gasteiger partial charge on any atom is 0.277 e. The van der Waals surface area contributed by atoms with Gasteiger partial charge in [-0.25, -0.2) is 0 Å². The van der Waals surface area contributed by atoms with Gasteiger partial charge in [0.1, 0.15) is 0 Å². The van der Waals surface area contributed by atoms with Crippen LogP contribution in [-0.4, -0.2) is 27.4 Å². The number of hydrogen-bond donors (Lipinski definition) is 2. The Morgan fingerprint density at radius 3 is 3.18 bits per heavy atom. The van der Waals surface area contributed by atoms with E-state index in [4.69, 9.17) is 5.73 Å². The van der Waals surface area contributed by atoms with Gasteiger partial charge in [0, 0.05) is 12.2 Å². The van der Waals surface area contributed by atoms with Gasteiger partial charge in [-0.3, -0.25) is 9.48 Å². The first-order chi connectivity index (χ1) is 10.8. The highest BCUT2D eigenvalue weighted by Crippen LogP contribution is 2.22. The predicted molar refractivity (Wildman–Crippen MR) is 85.4 cm³/mol. The molecule has 3 rings (SSSR count). The summed E-state index contributed by atoms with van der Waals surface area (Å²) in [5, 5.41) is 10.6. The molecule has 1 amide bonds. The van der Waals surface area contributed by atoms with Crippen molar-refractivity contribution in [2.45, 2.75) is 25.8 Å². The minimum atomic E-state index is -0.263. The summed E-state index contributed by atoms with van der Waals surface area (Å²) >= 11 is 0. The minimum absolute atomic E-state index is 0.263. The van der Waals surface area contributed by atoms with E-state index >= 15 is 0 Å². The third-order valence-corrected chi connectivity index (χ3v) is 3.65. The molecule has 2 aromatic rings. The number of aromatic nitrogens is 3. The summed E-state index contributed by atoms with van der Waals surface area (Å²) in [6, 6.07) is 6.01. The zero-order valence-corrected chi connectivity index (χ0v) is 12.3. The Hall–Kier alpha value is -2.47. The van der Waals surface area contributed by atoms with Crippen molar-refractivity contribution in [3.8, 4) is 0 Å². The van der Waals surface area contributed by atoms with Gasteiger partial charge in [0.25, 0.3) is 5.91 Å². The van der Waals surface area contributed by atoms with E-state index in [-0.39, 0.29) is 5.91 Å². The van der Waals surface area contributed by atoms with E-state index in [1.54, 1.807) is 10.9 Å². The molecule has 0 unspecified atom stereocenters. The number of nitrogens with one attached hydrogen (secondary N) is 1. The topological polar surface area (TPSA) is 85.8 Å². The Labute approximate surface area is 129 Å². The lowest BCUT2D eigenvalue weighted by atomic mass is 10.0. The van der Waals surface area contributed by atoms with Gasteiger partial charge in [0.05, 0.1) is 12.7 Å². The number of carbonyl (C=O) groups is 1. The molecule has 0 atom stereocenters. The summed E-state index contributed by atoms with van der Waals surface area (Å²) in [7, 11) is 0. The third kappa shape index (κ3) is 3.23. The molecular formula is C16H19N5O. The summed E-state index contributed by atoms with van der Waals surface area (Å²) in [5.74, 6) is -0.263. The van der Waals surface area contributed by atoms with E-state index in [0.29, 0.717) is 18.8 Å². The van der Waals surface area contributed by atoms with Gasteiger partial charge >= 0.3 is 0 Å². The number of hydrogen-bond acceptors (Lipinski definition) is 4. The van der Waals surface area contributed by atoms with E-state index < -0.39 is 0 Å². The van der Waals surface area contributed by atoms with Gasteiger partial charge in [-0.05, 0) is 42.5 Å². The largest absolute Gasteiger partial charge is 0.329 e. The van der Waals surface area contributed by atoms with Gasteiger partial charge in [0.15, 0.2) is 5.69 Å². The first-order valence-electron chi connectivity index (χ1n) is 7.47. The van der Waals surface area contributed by atoms with Crippen LogP contribution in [0.1, 0.15) is 34.5 Å². The second-order valence-electron chi connectivity index (χ2n) is 5.32. The number of carbonyl (C=O) groups excluding carboxylic acids is 1. The Balaban J connectivity index is 1.74. The van der Waals surface area contributed by atoms with Crippen LogP contribution in [0.25, 0.3) is 6.08 Å². The Morgan fingerprint density at radius 1 is 1.41 bits per heavy atom. The van der Waals surface area contributed by atoms with E-state index in [0.717, 1.165) is 18.5 Å². The highest BCUT2D eigenvalue weighted by atomic mass is 16.2. The molecule has 3 N–H and O–H groups in total. The van der Waals surface area contributed by atoms with Crippen molar-refractivity contribution >= 4 is 17.7 Å². The van der Waals surface area contributed by atoms with Crippen LogP contribution < -0.4 is 11.1 Å². The van der Waals surface area contributed by atoms with E-state index in [9.17, 15) is 4.79 Å². The Morgan fingerprint density at radius 2 is 2.32 bits per heavy atom. The maximum absolute atomic E-state index is 12.2. The molecule has 6 heteroatoms. The van der Waals surface area contributed by atoms with Crippen molar-refractivity contribution < 1.29 is 4.79 Å². The number of aryl methyl sites for hydroxylation is 1. The van der Waals surface area contributed by atoms with Crippen LogP contribution in [0.2, 0.25) is 0 Å². The number of allylic oxidation sites excluding steroid dienone is 1. The number of fused-ring (bicyclic) bond motifs is 1. The van der Waals surface area contributed by atoms with Crippen LogP contribution >= 0.6 is 0 Å². The molecule has 1 heterocycles. The molecule has 1 aromatic carbocycles. The summed E-state index contributed by atoms with van der Waals surface area (Å²) < 4.78 is 1.56. The fraction of sp³-hybridized carbons (Fsp3) is 0.312. The van der Waals surface area contributed by atoms with Crippen LogP contribution in [0.4, 0.5) is 5.69 Å². The second kappa shape index (κ2) is 6.53. The number of nitrogens with zero attached hydrogens (tertiary/aromatic N) is 3. The number of anilines is 1. The lowest BCUT2D eigenvalue weighted by Crippen LogP contribution is -2.13. The summed E-state index contributed by atoms with van der Waals surface area (Å²) in [6.07, 6.45) is 9.24. The molecular weight excluding hydrogens is 278 g/mol. The number of rotatable bonds is 4. The predicted octanol–water partition coefficient (Wildman–Crippen LogP) is 1.84. The summed E-state index contributed by atoms with van der Waals surface area (Å²) in [4.78, 5) is 12.2. The van der Waals surface area contributed by atoms with Crippen LogP contribution in [0.15, 0.2) is 30.5 Å². The molecule has 6 nitrogen and oxygen atoms in total. The molecule has 114 valence electrons. The van der Waals surface area contributed by atoms with E-state index in [1.165, 1.54) is 17.5 Å². The highest BCUT2D eigenvalue weighted by molar-refractivity contribution is 6.02. The van der Waals surface area contributed by atoms with Gasteiger partial charge in [-0.15, -0.1) is 5.10 Å². The summed E-state index contributed by atoms with van der Waals surface area (Å²) in [5.41, 5.74) is 9.00. The number of amides is 1. The average Bonchev–Trinajstić information content (AvgIpc) is 2.86. The quantitative estimate of drug-likeness (QED) is 0.901. The van der Waals surface area contributed by atoms with Crippen LogP contribution in [0.3, 0.4) is 0 Å². The molecule has 0 fully saturated rings. The van der Waals surface area contributed by atoms with Crippen LogP contribution in [0.5, 0.6) is 0 Å². The fourth-order valence-electron chi connectivity index (χ4n) is 2.52. The number of nitrogens with two attached hydrogens (primary N) is 1.